The maximum atomic E-state index is 10.6. The Labute approximate surface area is 79.9 Å². The minimum atomic E-state index is -0.619. The molecule has 0 aromatic rings. The fourth-order valence-corrected chi connectivity index (χ4v) is 0.595. The van der Waals surface area contributed by atoms with Gasteiger partial charge in [0.2, 0.25) is 0 Å². The summed E-state index contributed by atoms with van der Waals surface area (Å²) >= 11 is 2.81. The third-order valence-electron chi connectivity index (χ3n) is 1.08. The van der Waals surface area contributed by atoms with E-state index in [1.165, 1.54) is 6.92 Å². The van der Waals surface area contributed by atoms with Crippen LogP contribution in [0.15, 0.2) is 0 Å². The molecule has 0 aromatic heterocycles. The van der Waals surface area contributed by atoms with E-state index in [1.807, 2.05) is 0 Å². The topological polar surface area (TPSA) is 55.4 Å². The zero-order chi connectivity index (χ0) is 9.56. The summed E-state index contributed by atoms with van der Waals surface area (Å²) in [5.74, 6) is -0.600. The molecule has 1 aliphatic rings. The number of hydrogen-bond donors (Lipinski definition) is 1. The Bertz CT molecular complexity index is 172. The summed E-state index contributed by atoms with van der Waals surface area (Å²) in [7, 11) is 0. The van der Waals surface area contributed by atoms with Gasteiger partial charge in [-0.1, -0.05) is 0 Å². The predicted molar refractivity (Wildman–Crippen MR) is 44.8 cm³/mol. The molecule has 1 heterocycles. The van der Waals surface area contributed by atoms with Crippen molar-refractivity contribution in [2.45, 2.75) is 25.3 Å². The molecule has 1 amide bonds. The second-order valence-corrected chi connectivity index (χ2v) is 3.35. The summed E-state index contributed by atoms with van der Waals surface area (Å²) in [5, 5.41) is 3.49. The van der Waals surface area contributed by atoms with Gasteiger partial charge in [-0.05, 0) is 6.92 Å². The fraction of sp³-hybridized carbons (Fsp3) is 0.714. The monoisotopic (exact) mass is 238 g/mol. The van der Waals surface area contributed by atoms with Gasteiger partial charge < -0.3 is 10.1 Å². The van der Waals surface area contributed by atoms with Gasteiger partial charge in [0.05, 0.1) is 0 Å². The van der Waals surface area contributed by atoms with Crippen molar-refractivity contribution in [3.8, 4) is 0 Å². The number of esters is 1. The first-order valence-electron chi connectivity index (χ1n) is 3.67. The molecular weight excluding hydrogens is 225 g/mol. The summed E-state index contributed by atoms with van der Waals surface area (Å²) in [6.45, 7) is 3.61. The van der Waals surface area contributed by atoms with Crippen LogP contribution < -0.4 is 5.32 Å². The molecular formula is C7H12NO3Se. The van der Waals surface area contributed by atoms with E-state index in [9.17, 15) is 9.59 Å². The van der Waals surface area contributed by atoms with Crippen LogP contribution in [0.4, 0.5) is 0 Å². The van der Waals surface area contributed by atoms with Gasteiger partial charge in [0, 0.05) is 0 Å². The van der Waals surface area contributed by atoms with Gasteiger partial charge in [0.25, 0.3) is 5.91 Å². The van der Waals surface area contributed by atoms with E-state index in [4.69, 9.17) is 0 Å². The third kappa shape index (κ3) is 4.36. The number of cyclic esters (lactones) is 1. The number of hydrogen-bond acceptors (Lipinski definition) is 3. The summed E-state index contributed by atoms with van der Waals surface area (Å²) in [4.78, 5) is 20.9. The first-order chi connectivity index (χ1) is 5.61. The molecule has 1 radical (unpaired) electrons. The Hall–Kier alpha value is -0.541. The summed E-state index contributed by atoms with van der Waals surface area (Å²) in [6, 6.07) is 0. The number of morpholine rings is 1. The van der Waals surface area contributed by atoms with Crippen LogP contribution in [0.5, 0.6) is 0 Å². The second kappa shape index (κ2) is 6.03. The van der Waals surface area contributed by atoms with Gasteiger partial charge in [0.1, 0.15) is 6.54 Å². The Morgan fingerprint density at radius 1 is 1.67 bits per heavy atom. The van der Waals surface area contributed by atoms with Crippen LogP contribution in [0.2, 0.25) is 5.32 Å². The number of amides is 1. The van der Waals surface area contributed by atoms with E-state index >= 15 is 0 Å². The predicted octanol–water partition coefficient (Wildman–Crippen LogP) is -0.359. The average Bonchev–Trinajstić information content (AvgIpc) is 1.99. The summed E-state index contributed by atoms with van der Waals surface area (Å²) < 4.78 is 4.55. The second-order valence-electron chi connectivity index (χ2n) is 2.14. The van der Waals surface area contributed by atoms with Crippen molar-refractivity contribution in [2.75, 3.05) is 6.54 Å². The standard InChI is InChI=1S/C5H7NO3.C2H5Se/c1-3-5(8)6-2-4(7)9-3;1-2-3/h3H,2H2,1H3,(H,6,8);2H2,1H3. The first-order valence-corrected chi connectivity index (χ1v) is 4.88. The molecule has 1 saturated heterocycles. The molecule has 4 nitrogen and oxygen atoms in total. The Balaban J connectivity index is 0.000000354. The quantitative estimate of drug-likeness (QED) is 0.462. The van der Waals surface area contributed by atoms with Gasteiger partial charge in [-0.15, -0.1) is 0 Å². The molecule has 1 N–H and O–H groups in total. The zero-order valence-corrected chi connectivity index (χ0v) is 8.84. The number of ether oxygens (including phenoxy) is 1. The van der Waals surface area contributed by atoms with Crippen LogP contribution in [0, 0.1) is 0 Å². The van der Waals surface area contributed by atoms with Gasteiger partial charge in [-0.2, -0.15) is 0 Å². The van der Waals surface area contributed by atoms with E-state index in [1.54, 1.807) is 0 Å². The fourth-order valence-electron chi connectivity index (χ4n) is 0.595. The van der Waals surface area contributed by atoms with E-state index in [-0.39, 0.29) is 18.4 Å². The minimum absolute atomic E-state index is 0.00315. The van der Waals surface area contributed by atoms with E-state index in [0.29, 0.717) is 0 Å². The van der Waals surface area contributed by atoms with Crippen LogP contribution in [-0.4, -0.2) is 40.5 Å². The number of carbonyl (C=O) groups is 2. The molecule has 0 aromatic carbocycles. The van der Waals surface area contributed by atoms with Crippen molar-refractivity contribution in [3.63, 3.8) is 0 Å². The summed E-state index contributed by atoms with van der Waals surface area (Å²) in [5.41, 5.74) is 0. The van der Waals surface area contributed by atoms with Crippen molar-refractivity contribution in [2.24, 2.45) is 0 Å². The molecule has 1 rings (SSSR count). The molecule has 1 fully saturated rings. The third-order valence-corrected chi connectivity index (χ3v) is 1.08. The van der Waals surface area contributed by atoms with Crippen LogP contribution in [0.3, 0.4) is 0 Å². The SMILES string of the molecule is CC1OC(=O)CNC1=O.CC[Se]. The molecule has 12 heavy (non-hydrogen) atoms. The number of rotatable bonds is 0. The van der Waals surface area contributed by atoms with Gasteiger partial charge in [0.15, 0.2) is 6.10 Å². The molecule has 0 spiro atoms. The van der Waals surface area contributed by atoms with Crippen molar-refractivity contribution in [3.05, 3.63) is 0 Å². The van der Waals surface area contributed by atoms with Crippen LogP contribution >= 0.6 is 0 Å². The summed E-state index contributed by atoms with van der Waals surface area (Å²) in [6.07, 6.45) is -0.619. The van der Waals surface area contributed by atoms with E-state index < -0.39 is 6.10 Å². The molecule has 1 atom stereocenters. The van der Waals surface area contributed by atoms with E-state index in [2.05, 4.69) is 33.0 Å². The van der Waals surface area contributed by atoms with Gasteiger partial charge in [-0.3, -0.25) is 9.59 Å². The molecule has 1 unspecified atom stereocenters. The van der Waals surface area contributed by atoms with Crippen LogP contribution in [-0.2, 0) is 14.3 Å². The molecule has 1 aliphatic heterocycles. The molecule has 69 valence electrons. The van der Waals surface area contributed by atoms with Gasteiger partial charge >= 0.3 is 34.2 Å². The molecule has 5 heteroatoms. The Morgan fingerprint density at radius 2 is 2.17 bits per heavy atom. The molecule has 0 bridgehead atoms. The van der Waals surface area contributed by atoms with Crippen molar-refractivity contribution < 1.29 is 14.3 Å². The molecule has 0 saturated carbocycles. The van der Waals surface area contributed by atoms with Crippen molar-refractivity contribution in [1.82, 2.24) is 5.32 Å². The van der Waals surface area contributed by atoms with Crippen molar-refractivity contribution in [1.29, 1.82) is 0 Å². The van der Waals surface area contributed by atoms with Crippen LogP contribution in [0.1, 0.15) is 13.8 Å². The number of nitrogens with one attached hydrogen (secondary N) is 1. The van der Waals surface area contributed by atoms with Gasteiger partial charge in [-0.25, -0.2) is 0 Å². The zero-order valence-electron chi connectivity index (χ0n) is 7.12. The Morgan fingerprint density at radius 3 is 2.50 bits per heavy atom. The Kier molecular flexibility index (Phi) is 5.76. The van der Waals surface area contributed by atoms with Crippen LogP contribution in [0.25, 0.3) is 0 Å². The van der Waals surface area contributed by atoms with E-state index in [0.717, 1.165) is 5.32 Å². The normalized spacial score (nSPS) is 21.8. The number of carbonyl (C=O) groups excluding carboxylic acids is 2. The average molecular weight is 237 g/mol. The molecule has 0 aliphatic carbocycles. The van der Waals surface area contributed by atoms with Crippen molar-refractivity contribution >= 4 is 27.9 Å². The maximum absolute atomic E-state index is 10.6. The first kappa shape index (κ1) is 11.5.